The third kappa shape index (κ3) is 3.19. The van der Waals surface area contributed by atoms with Crippen LogP contribution >= 0.6 is 0 Å². The van der Waals surface area contributed by atoms with Crippen molar-refractivity contribution in [3.8, 4) is 11.5 Å². The van der Waals surface area contributed by atoms with Gasteiger partial charge in [-0.25, -0.2) is 0 Å². The molecule has 31 heavy (non-hydrogen) atoms. The van der Waals surface area contributed by atoms with Gasteiger partial charge in [0.1, 0.15) is 23.0 Å². The van der Waals surface area contributed by atoms with Gasteiger partial charge < -0.3 is 18.9 Å². The van der Waals surface area contributed by atoms with Crippen molar-refractivity contribution in [1.29, 1.82) is 0 Å². The lowest BCUT2D eigenvalue weighted by Crippen LogP contribution is -2.40. The summed E-state index contributed by atoms with van der Waals surface area (Å²) in [5.74, 6) is 2.46. The SMILES string of the molecule is COc1cc(OC)c2cc(C(=O)N3CCC[C@H](c4nnc5ccccn45)C3)n(C)c2c1. The Hall–Kier alpha value is -3.55. The molecule has 8 nitrogen and oxygen atoms in total. The summed E-state index contributed by atoms with van der Waals surface area (Å²) < 4.78 is 14.9. The van der Waals surface area contributed by atoms with Crippen LogP contribution in [0.4, 0.5) is 0 Å². The molecular weight excluding hydrogens is 394 g/mol. The van der Waals surface area contributed by atoms with Gasteiger partial charge in [-0.1, -0.05) is 6.07 Å². The highest BCUT2D eigenvalue weighted by Crippen LogP contribution is 2.34. The summed E-state index contributed by atoms with van der Waals surface area (Å²) in [6.45, 7) is 1.35. The summed E-state index contributed by atoms with van der Waals surface area (Å²) >= 11 is 0. The standard InChI is InChI=1S/C23H25N5O3/c1-26-18-11-16(30-2)12-20(31-3)17(18)13-19(26)23(29)27-9-6-7-15(14-27)22-25-24-21-8-4-5-10-28(21)22/h4-5,8,10-13,15H,6-7,9,14H2,1-3H3/t15-/m0/s1. The number of rotatable bonds is 4. The van der Waals surface area contributed by atoms with Crippen molar-refractivity contribution in [1.82, 2.24) is 24.1 Å². The zero-order valence-corrected chi connectivity index (χ0v) is 17.9. The molecule has 1 atom stereocenters. The summed E-state index contributed by atoms with van der Waals surface area (Å²) in [7, 11) is 5.15. The van der Waals surface area contributed by atoms with E-state index < -0.39 is 0 Å². The Morgan fingerprint density at radius 3 is 2.81 bits per heavy atom. The topological polar surface area (TPSA) is 73.9 Å². The van der Waals surface area contributed by atoms with Crippen LogP contribution in [0, 0.1) is 0 Å². The van der Waals surface area contributed by atoms with Crippen LogP contribution in [-0.2, 0) is 7.05 Å². The monoisotopic (exact) mass is 419 g/mol. The maximum Gasteiger partial charge on any atom is 0.270 e. The highest BCUT2D eigenvalue weighted by atomic mass is 16.5. The van der Waals surface area contributed by atoms with Gasteiger partial charge >= 0.3 is 0 Å². The van der Waals surface area contributed by atoms with E-state index >= 15 is 0 Å². The third-order valence-electron chi connectivity index (χ3n) is 6.19. The highest BCUT2D eigenvalue weighted by molar-refractivity contribution is 6.01. The molecule has 4 aromatic rings. The van der Waals surface area contributed by atoms with E-state index in [-0.39, 0.29) is 11.8 Å². The molecule has 1 amide bonds. The molecule has 0 radical (unpaired) electrons. The number of aromatic nitrogens is 4. The summed E-state index contributed by atoms with van der Waals surface area (Å²) in [5.41, 5.74) is 2.36. The van der Waals surface area contributed by atoms with E-state index in [1.807, 2.05) is 63.5 Å². The minimum atomic E-state index is 0.0123. The lowest BCUT2D eigenvalue weighted by Gasteiger charge is -2.32. The van der Waals surface area contributed by atoms with Gasteiger partial charge in [0.05, 0.1) is 19.7 Å². The van der Waals surface area contributed by atoms with Crippen LogP contribution in [0.2, 0.25) is 0 Å². The molecule has 0 spiro atoms. The maximum atomic E-state index is 13.5. The molecular formula is C23H25N5O3. The molecule has 0 aliphatic carbocycles. The number of aryl methyl sites for hydroxylation is 1. The van der Waals surface area contributed by atoms with Crippen molar-refractivity contribution in [3.05, 3.63) is 54.1 Å². The first kappa shape index (κ1) is 19.4. The number of ether oxygens (including phenoxy) is 2. The molecule has 1 saturated heterocycles. The van der Waals surface area contributed by atoms with E-state index in [0.29, 0.717) is 23.7 Å². The van der Waals surface area contributed by atoms with E-state index in [1.54, 1.807) is 14.2 Å². The third-order valence-corrected chi connectivity index (χ3v) is 6.19. The molecule has 5 rings (SSSR count). The average molecular weight is 419 g/mol. The van der Waals surface area contributed by atoms with Gasteiger partial charge in [-0.2, -0.15) is 0 Å². The molecule has 0 unspecified atom stereocenters. The maximum absolute atomic E-state index is 13.5. The fourth-order valence-electron chi connectivity index (χ4n) is 4.54. The van der Waals surface area contributed by atoms with E-state index in [9.17, 15) is 4.79 Å². The molecule has 1 aliphatic rings. The number of fused-ring (bicyclic) bond motifs is 2. The van der Waals surface area contributed by atoms with Crippen LogP contribution in [0.25, 0.3) is 16.6 Å². The Bertz CT molecular complexity index is 1280. The fraction of sp³-hybridized carbons (Fsp3) is 0.348. The second kappa shape index (κ2) is 7.61. The molecule has 1 fully saturated rings. The summed E-state index contributed by atoms with van der Waals surface area (Å²) in [6.07, 6.45) is 3.90. The predicted octanol–water partition coefficient (Wildman–Crippen LogP) is 3.26. The zero-order valence-electron chi connectivity index (χ0n) is 17.9. The lowest BCUT2D eigenvalue weighted by molar-refractivity contribution is 0.0695. The quantitative estimate of drug-likeness (QED) is 0.508. The number of piperidine rings is 1. The van der Waals surface area contributed by atoms with Crippen molar-refractivity contribution >= 4 is 22.5 Å². The summed E-state index contributed by atoms with van der Waals surface area (Å²) in [6, 6.07) is 11.5. The van der Waals surface area contributed by atoms with Crippen LogP contribution in [-0.4, -0.2) is 57.3 Å². The first-order valence-electron chi connectivity index (χ1n) is 10.4. The van der Waals surface area contributed by atoms with Gasteiger partial charge in [0.15, 0.2) is 5.65 Å². The minimum absolute atomic E-state index is 0.0123. The van der Waals surface area contributed by atoms with Gasteiger partial charge in [-0.3, -0.25) is 9.20 Å². The molecule has 1 aromatic carbocycles. The number of hydrogen-bond acceptors (Lipinski definition) is 5. The van der Waals surface area contributed by atoms with Crippen molar-refractivity contribution in [2.45, 2.75) is 18.8 Å². The predicted molar refractivity (Wildman–Crippen MR) is 117 cm³/mol. The second-order valence-corrected chi connectivity index (χ2v) is 7.93. The lowest BCUT2D eigenvalue weighted by atomic mass is 9.97. The Morgan fingerprint density at radius 2 is 2.00 bits per heavy atom. The Kier molecular flexibility index (Phi) is 4.77. The van der Waals surface area contributed by atoms with Crippen LogP contribution in [0.3, 0.4) is 0 Å². The number of amides is 1. The number of benzene rings is 1. The molecule has 0 bridgehead atoms. The second-order valence-electron chi connectivity index (χ2n) is 7.93. The number of carbonyl (C=O) groups excluding carboxylic acids is 1. The largest absolute Gasteiger partial charge is 0.497 e. The number of nitrogens with zero attached hydrogens (tertiary/aromatic N) is 5. The highest BCUT2D eigenvalue weighted by Gasteiger charge is 2.30. The molecule has 3 aromatic heterocycles. The van der Waals surface area contributed by atoms with Crippen LogP contribution in [0.1, 0.15) is 35.1 Å². The van der Waals surface area contributed by atoms with Crippen LogP contribution < -0.4 is 9.47 Å². The smallest absolute Gasteiger partial charge is 0.270 e. The Morgan fingerprint density at radius 1 is 1.13 bits per heavy atom. The van der Waals surface area contributed by atoms with E-state index in [4.69, 9.17) is 9.47 Å². The van der Waals surface area contributed by atoms with Gasteiger partial charge in [0.25, 0.3) is 5.91 Å². The molecule has 0 N–H and O–H groups in total. The van der Waals surface area contributed by atoms with Crippen molar-refractivity contribution in [2.24, 2.45) is 7.05 Å². The van der Waals surface area contributed by atoms with Gasteiger partial charge in [0, 0.05) is 49.8 Å². The number of likely N-dealkylation sites (tertiary alicyclic amines) is 1. The molecule has 0 saturated carbocycles. The summed E-state index contributed by atoms with van der Waals surface area (Å²) in [4.78, 5) is 15.4. The number of pyridine rings is 1. The fourth-order valence-corrected chi connectivity index (χ4v) is 4.54. The van der Waals surface area contributed by atoms with E-state index in [2.05, 4.69) is 10.2 Å². The molecule has 1 aliphatic heterocycles. The Labute approximate surface area is 180 Å². The average Bonchev–Trinajstić information content (AvgIpc) is 3.39. The first-order chi connectivity index (χ1) is 15.1. The van der Waals surface area contributed by atoms with Crippen molar-refractivity contribution in [2.75, 3.05) is 27.3 Å². The number of carbonyl (C=O) groups is 1. The van der Waals surface area contributed by atoms with Gasteiger partial charge in [0.2, 0.25) is 0 Å². The molecule has 8 heteroatoms. The number of hydrogen-bond donors (Lipinski definition) is 0. The zero-order chi connectivity index (χ0) is 21.5. The van der Waals surface area contributed by atoms with Crippen molar-refractivity contribution in [3.63, 3.8) is 0 Å². The van der Waals surface area contributed by atoms with Gasteiger partial charge in [-0.05, 0) is 31.0 Å². The Balaban J connectivity index is 1.47. The molecule has 160 valence electrons. The minimum Gasteiger partial charge on any atom is -0.497 e. The first-order valence-corrected chi connectivity index (χ1v) is 10.4. The normalized spacial score (nSPS) is 16.7. The van der Waals surface area contributed by atoms with Crippen molar-refractivity contribution < 1.29 is 14.3 Å². The molecule has 4 heterocycles. The summed E-state index contributed by atoms with van der Waals surface area (Å²) in [5, 5.41) is 9.59. The van der Waals surface area contributed by atoms with Crippen LogP contribution in [0.5, 0.6) is 11.5 Å². The van der Waals surface area contributed by atoms with E-state index in [0.717, 1.165) is 41.8 Å². The van der Waals surface area contributed by atoms with Gasteiger partial charge in [-0.15, -0.1) is 10.2 Å². The number of methoxy groups -OCH3 is 2. The van der Waals surface area contributed by atoms with E-state index in [1.165, 1.54) is 0 Å². The van der Waals surface area contributed by atoms with Crippen LogP contribution in [0.15, 0.2) is 42.6 Å².